The van der Waals surface area contributed by atoms with Crippen molar-refractivity contribution in [3.63, 3.8) is 0 Å². The summed E-state index contributed by atoms with van der Waals surface area (Å²) in [6, 6.07) is 0. The van der Waals surface area contributed by atoms with Crippen molar-refractivity contribution in [2.45, 2.75) is 56.9 Å². The molecule has 1 spiro atoms. The van der Waals surface area contributed by atoms with Gasteiger partial charge in [-0.3, -0.25) is 0 Å². The molecular formula is C12H21ClO. The zero-order valence-electron chi connectivity index (χ0n) is 9.26. The monoisotopic (exact) mass is 216 g/mol. The molecule has 0 bridgehead atoms. The standard InChI is InChI=1S/C12H21ClO/c1-9-5-10(2)7-12(6-9)8-11(13)3-4-14-12/h9-11H,3-8H2,1-2H3. The van der Waals surface area contributed by atoms with Gasteiger partial charge in [-0.25, -0.2) is 0 Å². The van der Waals surface area contributed by atoms with E-state index in [1.54, 1.807) is 0 Å². The normalized spacial score (nSPS) is 49.5. The van der Waals surface area contributed by atoms with Crippen molar-refractivity contribution < 1.29 is 4.74 Å². The molecule has 0 amide bonds. The van der Waals surface area contributed by atoms with Crippen molar-refractivity contribution in [3.8, 4) is 0 Å². The molecule has 2 heteroatoms. The van der Waals surface area contributed by atoms with E-state index in [1.165, 1.54) is 19.3 Å². The van der Waals surface area contributed by atoms with Gasteiger partial charge in [0.15, 0.2) is 0 Å². The van der Waals surface area contributed by atoms with Gasteiger partial charge in [0, 0.05) is 12.0 Å². The third-order valence-electron chi connectivity index (χ3n) is 3.68. The highest BCUT2D eigenvalue weighted by atomic mass is 35.5. The molecule has 0 aromatic rings. The van der Waals surface area contributed by atoms with Gasteiger partial charge in [-0.05, 0) is 43.9 Å². The summed E-state index contributed by atoms with van der Waals surface area (Å²) in [7, 11) is 0. The highest BCUT2D eigenvalue weighted by Gasteiger charge is 2.42. The molecule has 82 valence electrons. The maximum absolute atomic E-state index is 6.25. The topological polar surface area (TPSA) is 9.23 Å². The first kappa shape index (κ1) is 10.8. The van der Waals surface area contributed by atoms with E-state index in [0.29, 0.717) is 5.38 Å². The highest BCUT2D eigenvalue weighted by molar-refractivity contribution is 6.20. The molecule has 0 radical (unpaired) electrons. The molecule has 2 aliphatic rings. The molecule has 3 atom stereocenters. The average Bonchev–Trinajstić information content (AvgIpc) is 1.99. The smallest absolute Gasteiger partial charge is 0.0701 e. The van der Waals surface area contributed by atoms with Gasteiger partial charge < -0.3 is 4.74 Å². The Morgan fingerprint density at radius 2 is 1.79 bits per heavy atom. The number of halogens is 1. The first-order valence-corrected chi connectivity index (χ1v) is 6.31. The average molecular weight is 217 g/mol. The third kappa shape index (κ3) is 2.25. The van der Waals surface area contributed by atoms with Crippen LogP contribution in [0.3, 0.4) is 0 Å². The van der Waals surface area contributed by atoms with Crippen LogP contribution in [0, 0.1) is 11.8 Å². The van der Waals surface area contributed by atoms with Gasteiger partial charge in [0.2, 0.25) is 0 Å². The lowest BCUT2D eigenvalue weighted by Crippen LogP contribution is -2.45. The Bertz CT molecular complexity index is 189. The molecule has 0 N–H and O–H groups in total. The summed E-state index contributed by atoms with van der Waals surface area (Å²) in [5.41, 5.74) is 0.141. The molecule has 3 unspecified atom stereocenters. The quantitative estimate of drug-likeness (QED) is 0.563. The van der Waals surface area contributed by atoms with E-state index in [1.807, 2.05) is 0 Å². The largest absolute Gasteiger partial charge is 0.375 e. The minimum absolute atomic E-state index is 0.141. The summed E-state index contributed by atoms with van der Waals surface area (Å²) in [4.78, 5) is 0. The molecule has 1 nitrogen and oxygen atoms in total. The summed E-state index contributed by atoms with van der Waals surface area (Å²) < 4.78 is 6.03. The lowest BCUT2D eigenvalue weighted by Gasteiger charge is -2.46. The van der Waals surface area contributed by atoms with Crippen LogP contribution in [0.15, 0.2) is 0 Å². The van der Waals surface area contributed by atoms with Gasteiger partial charge in [0.1, 0.15) is 0 Å². The van der Waals surface area contributed by atoms with Gasteiger partial charge in [-0.1, -0.05) is 13.8 Å². The summed E-state index contributed by atoms with van der Waals surface area (Å²) in [6.45, 7) is 5.56. The Morgan fingerprint density at radius 3 is 2.36 bits per heavy atom. The summed E-state index contributed by atoms with van der Waals surface area (Å²) in [5.74, 6) is 1.61. The van der Waals surface area contributed by atoms with E-state index in [9.17, 15) is 0 Å². The maximum Gasteiger partial charge on any atom is 0.0701 e. The second-order valence-electron chi connectivity index (χ2n) is 5.48. The fourth-order valence-electron chi connectivity index (χ4n) is 3.46. The minimum Gasteiger partial charge on any atom is -0.375 e. The Labute approximate surface area is 92.2 Å². The zero-order valence-corrected chi connectivity index (χ0v) is 10.0. The third-order valence-corrected chi connectivity index (χ3v) is 4.05. The summed E-state index contributed by atoms with van der Waals surface area (Å²) in [6.07, 6.45) is 5.91. The van der Waals surface area contributed by atoms with Gasteiger partial charge in [-0.2, -0.15) is 0 Å². The summed E-state index contributed by atoms with van der Waals surface area (Å²) in [5, 5.41) is 0.348. The van der Waals surface area contributed by atoms with Crippen molar-refractivity contribution in [2.75, 3.05) is 6.61 Å². The minimum atomic E-state index is 0.141. The fraction of sp³-hybridized carbons (Fsp3) is 1.00. The molecule has 1 aliphatic carbocycles. The number of hydrogen-bond acceptors (Lipinski definition) is 1. The van der Waals surface area contributed by atoms with Crippen LogP contribution in [0.1, 0.15) is 46.0 Å². The second-order valence-corrected chi connectivity index (χ2v) is 6.09. The van der Waals surface area contributed by atoms with Crippen molar-refractivity contribution in [3.05, 3.63) is 0 Å². The molecule has 1 saturated carbocycles. The fourth-order valence-corrected chi connectivity index (χ4v) is 3.83. The van der Waals surface area contributed by atoms with E-state index in [0.717, 1.165) is 31.3 Å². The molecule has 14 heavy (non-hydrogen) atoms. The van der Waals surface area contributed by atoms with Crippen LogP contribution in [-0.2, 0) is 4.74 Å². The Hall–Kier alpha value is 0.250. The molecule has 2 fully saturated rings. The first-order valence-electron chi connectivity index (χ1n) is 5.88. The van der Waals surface area contributed by atoms with Crippen LogP contribution in [0.5, 0.6) is 0 Å². The van der Waals surface area contributed by atoms with Gasteiger partial charge in [0.05, 0.1) is 5.60 Å². The number of rotatable bonds is 0. The van der Waals surface area contributed by atoms with Crippen LogP contribution < -0.4 is 0 Å². The molecule has 1 heterocycles. The van der Waals surface area contributed by atoms with Crippen LogP contribution >= 0.6 is 11.6 Å². The lowest BCUT2D eigenvalue weighted by atomic mass is 9.71. The molecule has 0 aromatic heterocycles. The Morgan fingerprint density at radius 1 is 1.14 bits per heavy atom. The molecule has 1 aliphatic heterocycles. The van der Waals surface area contributed by atoms with E-state index in [-0.39, 0.29) is 5.60 Å². The van der Waals surface area contributed by atoms with Crippen molar-refractivity contribution in [1.29, 1.82) is 0 Å². The van der Waals surface area contributed by atoms with Gasteiger partial charge in [0.25, 0.3) is 0 Å². The number of ether oxygens (including phenoxy) is 1. The van der Waals surface area contributed by atoms with Crippen LogP contribution in [-0.4, -0.2) is 17.6 Å². The zero-order chi connectivity index (χ0) is 10.2. The molecule has 1 saturated heterocycles. The predicted molar refractivity (Wildman–Crippen MR) is 59.7 cm³/mol. The van der Waals surface area contributed by atoms with Crippen LogP contribution in [0.25, 0.3) is 0 Å². The first-order chi connectivity index (χ1) is 6.60. The second kappa shape index (κ2) is 4.02. The van der Waals surface area contributed by atoms with Gasteiger partial charge >= 0.3 is 0 Å². The van der Waals surface area contributed by atoms with Crippen LogP contribution in [0.2, 0.25) is 0 Å². The Kier molecular flexibility index (Phi) is 3.09. The predicted octanol–water partition coefficient (Wildman–Crippen LogP) is 3.60. The van der Waals surface area contributed by atoms with Crippen molar-refractivity contribution in [1.82, 2.24) is 0 Å². The SMILES string of the molecule is CC1CC(C)CC2(C1)CC(Cl)CCO2. The van der Waals surface area contributed by atoms with Crippen molar-refractivity contribution >= 4 is 11.6 Å². The van der Waals surface area contributed by atoms with Crippen LogP contribution in [0.4, 0.5) is 0 Å². The lowest BCUT2D eigenvalue weighted by molar-refractivity contribution is -0.118. The van der Waals surface area contributed by atoms with E-state index < -0.39 is 0 Å². The Balaban J connectivity index is 2.05. The molecule has 2 rings (SSSR count). The maximum atomic E-state index is 6.25. The van der Waals surface area contributed by atoms with E-state index in [4.69, 9.17) is 16.3 Å². The van der Waals surface area contributed by atoms with Crippen molar-refractivity contribution in [2.24, 2.45) is 11.8 Å². The molecule has 0 aromatic carbocycles. The number of alkyl halides is 1. The van der Waals surface area contributed by atoms with E-state index >= 15 is 0 Å². The van der Waals surface area contributed by atoms with E-state index in [2.05, 4.69) is 13.8 Å². The summed E-state index contributed by atoms with van der Waals surface area (Å²) >= 11 is 6.25. The molecular weight excluding hydrogens is 196 g/mol. The number of hydrogen-bond donors (Lipinski definition) is 0. The van der Waals surface area contributed by atoms with Gasteiger partial charge in [-0.15, -0.1) is 11.6 Å². The highest BCUT2D eigenvalue weighted by Crippen LogP contribution is 2.44.